The predicted octanol–water partition coefficient (Wildman–Crippen LogP) is 2.68. The molecule has 112 valence electrons. The molecule has 2 heterocycles. The lowest BCUT2D eigenvalue weighted by Gasteiger charge is -2.05. The Labute approximate surface area is 138 Å². The third-order valence-corrected chi connectivity index (χ3v) is 4.86. The van der Waals surface area contributed by atoms with Crippen LogP contribution in [0.4, 0.5) is 0 Å². The summed E-state index contributed by atoms with van der Waals surface area (Å²) in [6.07, 6.45) is 1.37. The average molecular weight is 378 g/mol. The quantitative estimate of drug-likeness (QED) is 0.761. The number of halogens is 1. The van der Waals surface area contributed by atoms with Gasteiger partial charge in [0.25, 0.3) is 5.56 Å². The smallest absolute Gasteiger partial charge is 0.263 e. The summed E-state index contributed by atoms with van der Waals surface area (Å²) in [7, 11) is 0. The van der Waals surface area contributed by atoms with Gasteiger partial charge in [-0.1, -0.05) is 28.1 Å². The number of nitrogens with two attached hydrogens (primary N) is 1. The zero-order valence-corrected chi connectivity index (χ0v) is 14.1. The zero-order chi connectivity index (χ0) is 15.9. The minimum atomic E-state index is -0.569. The highest BCUT2D eigenvalue weighted by Crippen LogP contribution is 2.35. The first-order valence-electron chi connectivity index (χ1n) is 6.50. The number of rotatable bonds is 3. The van der Waals surface area contributed by atoms with Crippen LogP contribution >= 0.6 is 27.3 Å². The van der Waals surface area contributed by atoms with Crippen molar-refractivity contribution in [2.45, 2.75) is 13.5 Å². The molecule has 0 unspecified atom stereocenters. The van der Waals surface area contributed by atoms with Crippen LogP contribution < -0.4 is 11.3 Å². The van der Waals surface area contributed by atoms with Gasteiger partial charge in [-0.15, -0.1) is 11.3 Å². The molecule has 3 aromatic rings. The van der Waals surface area contributed by atoms with E-state index in [-0.39, 0.29) is 12.1 Å². The monoisotopic (exact) mass is 377 g/mol. The second-order valence-electron chi connectivity index (χ2n) is 4.86. The number of fused-ring (bicyclic) bond motifs is 1. The van der Waals surface area contributed by atoms with Crippen molar-refractivity contribution in [3.63, 3.8) is 0 Å². The maximum absolute atomic E-state index is 12.7. The molecule has 1 amide bonds. The molecule has 0 atom stereocenters. The Kier molecular flexibility index (Phi) is 3.84. The van der Waals surface area contributed by atoms with Crippen LogP contribution in [0.3, 0.4) is 0 Å². The highest BCUT2D eigenvalue weighted by atomic mass is 79.9. The zero-order valence-electron chi connectivity index (χ0n) is 11.7. The van der Waals surface area contributed by atoms with Gasteiger partial charge >= 0.3 is 0 Å². The first-order chi connectivity index (χ1) is 10.5. The van der Waals surface area contributed by atoms with Gasteiger partial charge in [0.05, 0.1) is 11.7 Å². The van der Waals surface area contributed by atoms with E-state index in [9.17, 15) is 9.59 Å². The number of aryl methyl sites for hydroxylation is 1. The van der Waals surface area contributed by atoms with Crippen molar-refractivity contribution < 1.29 is 4.79 Å². The van der Waals surface area contributed by atoms with Crippen molar-refractivity contribution in [1.29, 1.82) is 0 Å². The molecule has 0 saturated carbocycles. The molecule has 0 saturated heterocycles. The van der Waals surface area contributed by atoms with E-state index in [4.69, 9.17) is 5.73 Å². The van der Waals surface area contributed by atoms with Crippen LogP contribution in [0.15, 0.2) is 39.9 Å². The van der Waals surface area contributed by atoms with Gasteiger partial charge in [-0.2, -0.15) is 0 Å². The van der Waals surface area contributed by atoms with Crippen molar-refractivity contribution >= 4 is 43.4 Å². The molecule has 0 aliphatic heterocycles. The SMILES string of the molecule is Cc1sc2ncn(CC(N)=O)c(=O)c2c1-c1ccc(Br)cc1. The number of hydrogen-bond acceptors (Lipinski definition) is 4. The minimum absolute atomic E-state index is 0.170. The van der Waals surface area contributed by atoms with Gasteiger partial charge in [0.1, 0.15) is 11.4 Å². The standard InChI is InChI=1S/C15H12BrN3O2S/c1-8-12(9-2-4-10(16)5-3-9)13-14(22-8)18-7-19(15(13)21)6-11(17)20/h2-5,7H,6H2,1H3,(H2,17,20). The Bertz CT molecular complexity index is 928. The van der Waals surface area contributed by atoms with Crippen LogP contribution in [0.2, 0.25) is 0 Å². The summed E-state index contributed by atoms with van der Waals surface area (Å²) in [5, 5.41) is 0.536. The number of aromatic nitrogens is 2. The van der Waals surface area contributed by atoms with Crippen LogP contribution in [0, 0.1) is 6.92 Å². The average Bonchev–Trinajstić information content (AvgIpc) is 2.80. The number of carbonyl (C=O) groups excluding carboxylic acids is 1. The summed E-state index contributed by atoms with van der Waals surface area (Å²) < 4.78 is 2.22. The highest BCUT2D eigenvalue weighted by Gasteiger charge is 2.17. The van der Waals surface area contributed by atoms with Crippen LogP contribution in [-0.4, -0.2) is 15.5 Å². The van der Waals surface area contributed by atoms with Gasteiger partial charge in [0.15, 0.2) is 0 Å². The van der Waals surface area contributed by atoms with Crippen molar-refractivity contribution in [3.05, 3.63) is 50.3 Å². The molecular weight excluding hydrogens is 366 g/mol. The Hall–Kier alpha value is -1.99. The van der Waals surface area contributed by atoms with Gasteiger partial charge in [-0.3, -0.25) is 14.2 Å². The van der Waals surface area contributed by atoms with Crippen LogP contribution in [0.25, 0.3) is 21.3 Å². The molecule has 0 radical (unpaired) electrons. The van der Waals surface area contributed by atoms with E-state index in [0.717, 1.165) is 20.5 Å². The van der Waals surface area contributed by atoms with Crippen molar-refractivity contribution in [2.24, 2.45) is 5.73 Å². The van der Waals surface area contributed by atoms with Gasteiger partial charge in [0, 0.05) is 14.9 Å². The Balaban J connectivity index is 2.29. The Morgan fingerprint density at radius 2 is 2.05 bits per heavy atom. The predicted molar refractivity (Wildman–Crippen MR) is 90.9 cm³/mol. The lowest BCUT2D eigenvalue weighted by Crippen LogP contribution is -2.28. The highest BCUT2D eigenvalue weighted by molar-refractivity contribution is 9.10. The topological polar surface area (TPSA) is 78.0 Å². The summed E-state index contributed by atoms with van der Waals surface area (Å²) in [6, 6.07) is 7.75. The van der Waals surface area contributed by atoms with E-state index < -0.39 is 5.91 Å². The van der Waals surface area contributed by atoms with Crippen LogP contribution in [0.1, 0.15) is 4.88 Å². The van der Waals surface area contributed by atoms with E-state index in [0.29, 0.717) is 10.2 Å². The third-order valence-electron chi connectivity index (χ3n) is 3.31. The molecular formula is C15H12BrN3O2S. The number of hydrogen-bond donors (Lipinski definition) is 1. The molecule has 0 bridgehead atoms. The summed E-state index contributed by atoms with van der Waals surface area (Å²) in [5.74, 6) is -0.569. The first-order valence-corrected chi connectivity index (χ1v) is 8.11. The molecule has 7 heteroatoms. The summed E-state index contributed by atoms with van der Waals surface area (Å²) >= 11 is 4.87. The molecule has 0 aliphatic rings. The van der Waals surface area contributed by atoms with E-state index in [1.165, 1.54) is 22.2 Å². The molecule has 2 N–H and O–H groups in total. The van der Waals surface area contributed by atoms with E-state index >= 15 is 0 Å². The van der Waals surface area contributed by atoms with Crippen molar-refractivity contribution in [1.82, 2.24) is 9.55 Å². The normalized spacial score (nSPS) is 11.0. The van der Waals surface area contributed by atoms with Gasteiger partial charge < -0.3 is 5.73 Å². The molecule has 1 aromatic carbocycles. The Morgan fingerprint density at radius 1 is 1.36 bits per heavy atom. The number of thiophene rings is 1. The summed E-state index contributed by atoms with van der Waals surface area (Å²) in [4.78, 5) is 29.7. The molecule has 0 spiro atoms. The fourth-order valence-electron chi connectivity index (χ4n) is 2.38. The number of nitrogens with zero attached hydrogens (tertiary/aromatic N) is 2. The first kappa shape index (κ1) is 14.9. The summed E-state index contributed by atoms with van der Waals surface area (Å²) in [5.41, 5.74) is 6.75. The van der Waals surface area contributed by atoms with E-state index in [1.807, 2.05) is 31.2 Å². The molecule has 2 aromatic heterocycles. The fraction of sp³-hybridized carbons (Fsp3) is 0.133. The third kappa shape index (κ3) is 2.57. The largest absolute Gasteiger partial charge is 0.368 e. The second kappa shape index (κ2) is 5.66. The van der Waals surface area contributed by atoms with Gasteiger partial charge in [-0.05, 0) is 24.6 Å². The lowest BCUT2D eigenvalue weighted by molar-refractivity contribution is -0.118. The van der Waals surface area contributed by atoms with Crippen molar-refractivity contribution in [2.75, 3.05) is 0 Å². The van der Waals surface area contributed by atoms with Crippen molar-refractivity contribution in [3.8, 4) is 11.1 Å². The van der Waals surface area contributed by atoms with Gasteiger partial charge in [0.2, 0.25) is 5.91 Å². The molecule has 5 nitrogen and oxygen atoms in total. The van der Waals surface area contributed by atoms with E-state index in [2.05, 4.69) is 20.9 Å². The van der Waals surface area contributed by atoms with Gasteiger partial charge in [-0.25, -0.2) is 4.98 Å². The Morgan fingerprint density at radius 3 is 2.68 bits per heavy atom. The molecule has 3 rings (SSSR count). The number of primary amides is 1. The molecule has 22 heavy (non-hydrogen) atoms. The summed E-state index contributed by atoms with van der Waals surface area (Å²) in [6.45, 7) is 1.79. The minimum Gasteiger partial charge on any atom is -0.368 e. The molecule has 0 aliphatic carbocycles. The number of carbonyl (C=O) groups is 1. The number of amides is 1. The fourth-order valence-corrected chi connectivity index (χ4v) is 3.65. The van der Waals surface area contributed by atoms with Crippen LogP contribution in [-0.2, 0) is 11.3 Å². The second-order valence-corrected chi connectivity index (χ2v) is 6.98. The van der Waals surface area contributed by atoms with Crippen LogP contribution in [0.5, 0.6) is 0 Å². The number of benzene rings is 1. The molecule has 0 fully saturated rings. The maximum atomic E-state index is 12.7. The maximum Gasteiger partial charge on any atom is 0.263 e. The lowest BCUT2D eigenvalue weighted by atomic mass is 10.0. The van der Waals surface area contributed by atoms with E-state index in [1.54, 1.807) is 0 Å².